The van der Waals surface area contributed by atoms with Gasteiger partial charge in [-0.2, -0.15) is 0 Å². The molecule has 0 bridgehead atoms. The van der Waals surface area contributed by atoms with E-state index in [4.69, 9.17) is 4.98 Å². The van der Waals surface area contributed by atoms with Crippen molar-refractivity contribution in [3.63, 3.8) is 0 Å². The smallest absolute Gasteiger partial charge is 0.321 e. The number of rotatable bonds is 5. The first-order valence-corrected chi connectivity index (χ1v) is 11.8. The Morgan fingerprint density at radius 3 is 2.38 bits per heavy atom. The Morgan fingerprint density at radius 2 is 1.65 bits per heavy atom. The molecule has 3 heterocycles. The van der Waals surface area contributed by atoms with Gasteiger partial charge in [0, 0.05) is 56.7 Å². The number of aromatic nitrogens is 3. The van der Waals surface area contributed by atoms with Gasteiger partial charge in [0.15, 0.2) is 5.65 Å². The number of imidazole rings is 1. The lowest BCUT2D eigenvalue weighted by molar-refractivity contribution is 0.145. The van der Waals surface area contributed by atoms with E-state index in [-0.39, 0.29) is 6.03 Å². The molecule has 174 valence electrons. The van der Waals surface area contributed by atoms with E-state index in [9.17, 15) is 4.79 Å². The largest absolute Gasteiger partial charge is 0.322 e. The normalized spacial score (nSPS) is 14.5. The van der Waals surface area contributed by atoms with Crippen molar-refractivity contribution in [3.8, 4) is 11.4 Å². The van der Waals surface area contributed by atoms with E-state index in [2.05, 4.69) is 38.0 Å². The molecule has 0 unspecified atom stereocenters. The number of fused-ring (bicyclic) bond motifs is 1. The molecule has 4 aromatic rings. The number of piperazine rings is 1. The zero-order valence-electron chi connectivity index (χ0n) is 19.7. The summed E-state index contributed by atoms with van der Waals surface area (Å²) in [4.78, 5) is 26.5. The zero-order valence-corrected chi connectivity index (χ0v) is 19.7. The fourth-order valence-electron chi connectivity index (χ4n) is 4.64. The fourth-order valence-corrected chi connectivity index (χ4v) is 4.64. The van der Waals surface area contributed by atoms with Crippen LogP contribution in [0.25, 0.3) is 22.6 Å². The number of nitrogens with one attached hydrogen (secondary N) is 1. The van der Waals surface area contributed by atoms with E-state index in [1.807, 2.05) is 67.4 Å². The number of carbonyl (C=O) groups excluding carboxylic acids is 1. The lowest BCUT2D eigenvalue weighted by Gasteiger charge is -2.34. The predicted octanol–water partition coefficient (Wildman–Crippen LogP) is 4.56. The summed E-state index contributed by atoms with van der Waals surface area (Å²) in [5, 5.41) is 3.06. The van der Waals surface area contributed by atoms with Crippen molar-refractivity contribution < 1.29 is 4.79 Å². The summed E-state index contributed by atoms with van der Waals surface area (Å²) < 4.78 is 2.21. The number of urea groups is 1. The highest BCUT2D eigenvalue weighted by Gasteiger charge is 2.22. The topological polar surface area (TPSA) is 66.3 Å². The Bertz CT molecular complexity index is 1270. The molecule has 1 fully saturated rings. The molecule has 2 amide bonds. The van der Waals surface area contributed by atoms with Crippen LogP contribution in [0.15, 0.2) is 66.9 Å². The average molecular weight is 455 g/mol. The molecule has 0 spiro atoms. The third-order valence-electron chi connectivity index (χ3n) is 6.31. The number of amides is 2. The Kier molecular flexibility index (Phi) is 6.27. The predicted molar refractivity (Wildman–Crippen MR) is 136 cm³/mol. The Morgan fingerprint density at radius 1 is 0.912 bits per heavy atom. The summed E-state index contributed by atoms with van der Waals surface area (Å²) in [6.45, 7) is 8.90. The number of pyridine rings is 1. The van der Waals surface area contributed by atoms with Crippen LogP contribution in [-0.4, -0.2) is 63.1 Å². The van der Waals surface area contributed by atoms with Crippen LogP contribution in [0.4, 0.5) is 10.5 Å². The van der Waals surface area contributed by atoms with Gasteiger partial charge >= 0.3 is 6.03 Å². The van der Waals surface area contributed by atoms with Gasteiger partial charge in [0.05, 0.1) is 0 Å². The number of hydrogen-bond acceptors (Lipinski definition) is 4. The highest BCUT2D eigenvalue weighted by atomic mass is 16.2. The molecule has 1 N–H and O–H groups in total. The van der Waals surface area contributed by atoms with Gasteiger partial charge in [-0.15, -0.1) is 0 Å². The van der Waals surface area contributed by atoms with Gasteiger partial charge in [0.2, 0.25) is 0 Å². The highest BCUT2D eigenvalue weighted by molar-refractivity contribution is 5.89. The van der Waals surface area contributed by atoms with Crippen molar-refractivity contribution in [2.45, 2.75) is 20.4 Å². The molecule has 7 heteroatoms. The van der Waals surface area contributed by atoms with Crippen molar-refractivity contribution in [2.24, 2.45) is 0 Å². The van der Waals surface area contributed by atoms with E-state index < -0.39 is 0 Å². The Labute approximate surface area is 200 Å². The molecule has 34 heavy (non-hydrogen) atoms. The number of hydrogen-bond donors (Lipinski definition) is 1. The summed E-state index contributed by atoms with van der Waals surface area (Å²) in [5.41, 5.74) is 6.07. The molecular formula is C27H30N6O. The average Bonchev–Trinajstić information content (AvgIpc) is 3.21. The molecule has 0 atom stereocenters. The fraction of sp³-hybridized carbons (Fsp3) is 0.296. The SMILES string of the molecule is Cc1cc(C)cc(NC(=O)N2CCN(CCn3c(-c4ccccc4)nc4cccnc43)CC2)c1. The third kappa shape index (κ3) is 4.79. The number of aryl methyl sites for hydroxylation is 2. The van der Waals surface area contributed by atoms with Gasteiger partial charge in [-0.05, 0) is 49.2 Å². The van der Waals surface area contributed by atoms with Crippen molar-refractivity contribution in [3.05, 3.63) is 78.0 Å². The third-order valence-corrected chi connectivity index (χ3v) is 6.31. The van der Waals surface area contributed by atoms with Crippen LogP contribution >= 0.6 is 0 Å². The molecule has 0 saturated carbocycles. The van der Waals surface area contributed by atoms with Crippen LogP contribution < -0.4 is 5.32 Å². The van der Waals surface area contributed by atoms with E-state index >= 15 is 0 Å². The van der Waals surface area contributed by atoms with Gasteiger partial charge in [0.1, 0.15) is 11.3 Å². The van der Waals surface area contributed by atoms with E-state index in [0.29, 0.717) is 13.1 Å². The number of anilines is 1. The molecule has 2 aromatic heterocycles. The lowest BCUT2D eigenvalue weighted by atomic mass is 10.1. The van der Waals surface area contributed by atoms with Crippen LogP contribution in [0.2, 0.25) is 0 Å². The minimum absolute atomic E-state index is 0.0270. The first kappa shape index (κ1) is 22.1. The molecule has 2 aromatic carbocycles. The summed E-state index contributed by atoms with van der Waals surface area (Å²) in [6, 6.07) is 20.3. The van der Waals surface area contributed by atoms with E-state index in [0.717, 1.165) is 65.5 Å². The van der Waals surface area contributed by atoms with Crippen molar-refractivity contribution in [1.82, 2.24) is 24.3 Å². The standard InChI is InChI=1S/C27H30N6O/c1-20-17-21(2)19-23(18-20)29-27(34)32-14-11-31(12-15-32)13-16-33-25(22-7-4-3-5-8-22)30-24-9-6-10-28-26(24)33/h3-10,17-19H,11-16H2,1-2H3,(H,29,34). The lowest BCUT2D eigenvalue weighted by Crippen LogP contribution is -2.50. The van der Waals surface area contributed by atoms with Gasteiger partial charge in [-0.3, -0.25) is 4.90 Å². The molecule has 5 rings (SSSR count). The highest BCUT2D eigenvalue weighted by Crippen LogP contribution is 2.23. The number of benzene rings is 2. The van der Waals surface area contributed by atoms with Crippen LogP contribution in [0.3, 0.4) is 0 Å². The Balaban J connectivity index is 1.22. The molecule has 1 aliphatic rings. The molecule has 7 nitrogen and oxygen atoms in total. The molecule has 1 saturated heterocycles. The van der Waals surface area contributed by atoms with Crippen molar-refractivity contribution in [1.29, 1.82) is 0 Å². The minimum Gasteiger partial charge on any atom is -0.322 e. The van der Waals surface area contributed by atoms with Gasteiger partial charge in [-0.1, -0.05) is 36.4 Å². The summed E-state index contributed by atoms with van der Waals surface area (Å²) >= 11 is 0. The first-order chi connectivity index (χ1) is 16.6. The van der Waals surface area contributed by atoms with Crippen molar-refractivity contribution in [2.75, 3.05) is 38.0 Å². The zero-order chi connectivity index (χ0) is 23.5. The van der Waals surface area contributed by atoms with Gasteiger partial charge < -0.3 is 14.8 Å². The van der Waals surface area contributed by atoms with E-state index in [1.165, 1.54) is 0 Å². The summed E-state index contributed by atoms with van der Waals surface area (Å²) in [6.07, 6.45) is 1.82. The number of nitrogens with zero attached hydrogens (tertiary/aromatic N) is 5. The second kappa shape index (κ2) is 9.65. The maximum absolute atomic E-state index is 12.8. The second-order valence-corrected chi connectivity index (χ2v) is 8.93. The van der Waals surface area contributed by atoms with Crippen LogP contribution in [0.5, 0.6) is 0 Å². The van der Waals surface area contributed by atoms with E-state index in [1.54, 1.807) is 0 Å². The van der Waals surface area contributed by atoms with Gasteiger partial charge in [0.25, 0.3) is 0 Å². The molecular weight excluding hydrogens is 424 g/mol. The van der Waals surface area contributed by atoms with Crippen LogP contribution in [0, 0.1) is 13.8 Å². The Hall–Kier alpha value is -3.71. The monoisotopic (exact) mass is 454 g/mol. The molecule has 0 aliphatic carbocycles. The van der Waals surface area contributed by atoms with Crippen LogP contribution in [-0.2, 0) is 6.54 Å². The quantitative estimate of drug-likeness (QED) is 0.480. The van der Waals surface area contributed by atoms with Gasteiger partial charge in [-0.25, -0.2) is 14.8 Å². The number of carbonyl (C=O) groups is 1. The second-order valence-electron chi connectivity index (χ2n) is 8.93. The first-order valence-electron chi connectivity index (χ1n) is 11.8. The molecule has 0 radical (unpaired) electrons. The molecule has 1 aliphatic heterocycles. The summed E-state index contributed by atoms with van der Waals surface area (Å²) in [7, 11) is 0. The summed E-state index contributed by atoms with van der Waals surface area (Å²) in [5.74, 6) is 0.945. The minimum atomic E-state index is -0.0270. The van der Waals surface area contributed by atoms with Crippen LogP contribution in [0.1, 0.15) is 11.1 Å². The van der Waals surface area contributed by atoms with Crippen molar-refractivity contribution >= 4 is 22.9 Å². The maximum atomic E-state index is 12.8. The maximum Gasteiger partial charge on any atom is 0.321 e.